The van der Waals surface area contributed by atoms with Crippen LogP contribution in [0, 0.1) is 0 Å². The highest BCUT2D eigenvalue weighted by atomic mass is 32.2. The molecule has 0 saturated carbocycles. The van der Waals surface area contributed by atoms with Crippen LogP contribution in [0.5, 0.6) is 0 Å². The third-order valence-corrected chi connectivity index (χ3v) is 5.83. The van der Waals surface area contributed by atoms with Crippen molar-refractivity contribution < 1.29 is 9.59 Å². The largest absolute Gasteiger partial charge is 0.354 e. The van der Waals surface area contributed by atoms with Crippen LogP contribution < -0.4 is 15.5 Å². The van der Waals surface area contributed by atoms with Gasteiger partial charge in [0.05, 0.1) is 11.4 Å². The van der Waals surface area contributed by atoms with Gasteiger partial charge >= 0.3 is 0 Å². The number of nitrogens with zero attached hydrogens (tertiary/aromatic N) is 1. The van der Waals surface area contributed by atoms with E-state index in [2.05, 4.69) is 64.1 Å². The van der Waals surface area contributed by atoms with Crippen LogP contribution in [0.15, 0.2) is 58.3 Å². The first-order valence-corrected chi connectivity index (χ1v) is 9.74. The van der Waals surface area contributed by atoms with Crippen molar-refractivity contribution in [3.8, 4) is 0 Å². The lowest BCUT2D eigenvalue weighted by Crippen LogP contribution is -2.42. The summed E-state index contributed by atoms with van der Waals surface area (Å²) in [5.41, 5.74) is 2.43. The normalized spacial score (nSPS) is 18.1. The topological polar surface area (TPSA) is 61.4 Å². The fourth-order valence-corrected chi connectivity index (χ4v) is 4.50. The van der Waals surface area contributed by atoms with Gasteiger partial charge in [0, 0.05) is 29.3 Å². The van der Waals surface area contributed by atoms with Crippen LogP contribution in [0.25, 0.3) is 0 Å². The number of fused-ring (bicyclic) bond motifs is 2. The highest BCUT2D eigenvalue weighted by Crippen LogP contribution is 2.47. The predicted molar refractivity (Wildman–Crippen MR) is 103 cm³/mol. The Labute approximate surface area is 157 Å². The smallest absolute Gasteiger partial charge is 0.242 e. The predicted octanol–water partition coefficient (Wildman–Crippen LogP) is 3.07. The van der Waals surface area contributed by atoms with Gasteiger partial charge in [-0.3, -0.25) is 9.59 Å². The van der Waals surface area contributed by atoms with Gasteiger partial charge in [0.1, 0.15) is 6.04 Å². The first kappa shape index (κ1) is 17.0. The average Bonchev–Trinajstić information content (AvgIpc) is 3.10. The molecule has 0 radical (unpaired) electrons. The van der Waals surface area contributed by atoms with Gasteiger partial charge in [-0.25, -0.2) is 0 Å². The zero-order valence-electron chi connectivity index (χ0n) is 14.4. The average molecular weight is 367 g/mol. The van der Waals surface area contributed by atoms with Gasteiger partial charge in [0.25, 0.3) is 0 Å². The van der Waals surface area contributed by atoms with E-state index in [0.717, 1.165) is 13.0 Å². The molecule has 0 aromatic heterocycles. The molecule has 1 saturated heterocycles. The molecule has 2 aromatic carbocycles. The van der Waals surface area contributed by atoms with Gasteiger partial charge in [-0.15, -0.1) is 0 Å². The molecule has 1 fully saturated rings. The van der Waals surface area contributed by atoms with Gasteiger partial charge in [0.2, 0.25) is 11.8 Å². The lowest BCUT2D eigenvalue weighted by Gasteiger charge is -2.32. The molecular formula is C20H21N3O2S. The first-order chi connectivity index (χ1) is 12.7. The molecule has 26 heavy (non-hydrogen) atoms. The Morgan fingerprint density at radius 1 is 1.12 bits per heavy atom. The van der Waals surface area contributed by atoms with E-state index in [-0.39, 0.29) is 17.9 Å². The minimum absolute atomic E-state index is 0.0378. The summed E-state index contributed by atoms with van der Waals surface area (Å²) in [4.78, 5) is 28.2. The quantitative estimate of drug-likeness (QED) is 0.798. The molecule has 2 aliphatic rings. The van der Waals surface area contributed by atoms with Crippen molar-refractivity contribution >= 4 is 35.0 Å². The Morgan fingerprint density at radius 3 is 2.38 bits per heavy atom. The van der Waals surface area contributed by atoms with Crippen molar-refractivity contribution in [2.24, 2.45) is 0 Å². The van der Waals surface area contributed by atoms with Crippen LogP contribution in [-0.4, -0.2) is 30.9 Å². The van der Waals surface area contributed by atoms with Crippen molar-refractivity contribution in [3.63, 3.8) is 0 Å². The van der Waals surface area contributed by atoms with Crippen molar-refractivity contribution in [3.05, 3.63) is 48.5 Å². The lowest BCUT2D eigenvalue weighted by atomic mass is 10.2. The number of amides is 2. The van der Waals surface area contributed by atoms with Crippen LogP contribution in [-0.2, 0) is 9.59 Å². The minimum Gasteiger partial charge on any atom is -0.354 e. The second kappa shape index (κ2) is 7.41. The molecule has 4 rings (SSSR count). The Balaban J connectivity index is 1.39. The molecule has 6 heteroatoms. The van der Waals surface area contributed by atoms with Gasteiger partial charge in [0.15, 0.2) is 0 Å². The summed E-state index contributed by atoms with van der Waals surface area (Å²) in [6.07, 6.45) is 1.87. The van der Waals surface area contributed by atoms with Gasteiger partial charge in [-0.2, -0.15) is 0 Å². The zero-order valence-corrected chi connectivity index (χ0v) is 15.2. The van der Waals surface area contributed by atoms with E-state index in [9.17, 15) is 9.59 Å². The fraction of sp³-hybridized carbons (Fsp3) is 0.300. The maximum Gasteiger partial charge on any atom is 0.242 e. The summed E-state index contributed by atoms with van der Waals surface area (Å²) in [6, 6.07) is 16.5. The van der Waals surface area contributed by atoms with Crippen LogP contribution >= 0.6 is 11.8 Å². The molecule has 2 amide bonds. The molecule has 5 nitrogen and oxygen atoms in total. The molecule has 0 aliphatic carbocycles. The molecule has 2 aromatic rings. The number of hydrogen-bond donors (Lipinski definition) is 2. The first-order valence-electron chi connectivity index (χ1n) is 8.93. The van der Waals surface area contributed by atoms with Crippen LogP contribution in [0.3, 0.4) is 0 Å². The number of rotatable bonds is 5. The molecule has 0 bridgehead atoms. The van der Waals surface area contributed by atoms with Gasteiger partial charge < -0.3 is 15.5 Å². The molecule has 1 atom stereocenters. The second-order valence-corrected chi connectivity index (χ2v) is 7.58. The number of hydrogen-bond acceptors (Lipinski definition) is 4. The highest BCUT2D eigenvalue weighted by molar-refractivity contribution is 7.99. The number of carbonyl (C=O) groups excluding carboxylic acids is 2. The standard InChI is InChI=1S/C20H21N3O2S/c24-19-11-10-14(22-19)20(25)21-12-5-13-23-15-6-1-3-8-17(15)26-18-9-4-2-7-16(18)23/h1-4,6-9,14H,5,10-13H2,(H,21,25)(H,22,24)/t14-/m1/s1. The van der Waals surface area contributed by atoms with Crippen molar-refractivity contribution in [1.29, 1.82) is 0 Å². The summed E-state index contributed by atoms with van der Waals surface area (Å²) < 4.78 is 0. The van der Waals surface area contributed by atoms with Gasteiger partial charge in [-0.05, 0) is 37.1 Å². The summed E-state index contributed by atoms with van der Waals surface area (Å²) >= 11 is 1.80. The van der Waals surface area contributed by atoms with Crippen LogP contribution in [0.4, 0.5) is 11.4 Å². The number of carbonyl (C=O) groups is 2. The summed E-state index contributed by atoms with van der Waals surface area (Å²) in [5.74, 6) is -0.116. The summed E-state index contributed by atoms with van der Waals surface area (Å²) in [6.45, 7) is 1.42. The molecule has 0 unspecified atom stereocenters. The van der Waals surface area contributed by atoms with Crippen molar-refractivity contribution in [1.82, 2.24) is 10.6 Å². The van der Waals surface area contributed by atoms with E-state index in [1.165, 1.54) is 21.2 Å². The van der Waals surface area contributed by atoms with Crippen molar-refractivity contribution in [2.75, 3.05) is 18.0 Å². The third kappa shape index (κ3) is 3.42. The number of anilines is 2. The van der Waals surface area contributed by atoms with E-state index < -0.39 is 0 Å². The van der Waals surface area contributed by atoms with E-state index in [1.54, 1.807) is 11.8 Å². The molecule has 2 aliphatic heterocycles. The number of para-hydroxylation sites is 2. The van der Waals surface area contributed by atoms with Gasteiger partial charge in [-0.1, -0.05) is 36.0 Å². The maximum atomic E-state index is 12.1. The minimum atomic E-state index is -0.365. The molecule has 2 heterocycles. The van der Waals surface area contributed by atoms with Crippen LogP contribution in [0.1, 0.15) is 19.3 Å². The third-order valence-electron chi connectivity index (χ3n) is 4.70. The summed E-state index contributed by atoms with van der Waals surface area (Å²) in [5, 5.41) is 5.65. The zero-order chi connectivity index (χ0) is 17.9. The molecule has 0 spiro atoms. The fourth-order valence-electron chi connectivity index (χ4n) is 3.40. The lowest BCUT2D eigenvalue weighted by molar-refractivity contribution is -0.125. The van der Waals surface area contributed by atoms with E-state index in [1.807, 2.05) is 0 Å². The monoisotopic (exact) mass is 367 g/mol. The molecule has 2 N–H and O–H groups in total. The van der Waals surface area contributed by atoms with Crippen LogP contribution in [0.2, 0.25) is 0 Å². The Hall–Kier alpha value is -2.47. The Kier molecular flexibility index (Phi) is 4.84. The Bertz CT molecular complexity index is 794. The Morgan fingerprint density at radius 2 is 1.77 bits per heavy atom. The molecular weight excluding hydrogens is 346 g/mol. The van der Waals surface area contributed by atoms with E-state index >= 15 is 0 Å². The number of benzene rings is 2. The maximum absolute atomic E-state index is 12.1. The second-order valence-electron chi connectivity index (χ2n) is 6.49. The van der Waals surface area contributed by atoms with E-state index in [4.69, 9.17) is 0 Å². The van der Waals surface area contributed by atoms with E-state index in [0.29, 0.717) is 19.4 Å². The number of nitrogens with one attached hydrogen (secondary N) is 2. The van der Waals surface area contributed by atoms with Crippen molar-refractivity contribution in [2.45, 2.75) is 35.1 Å². The summed E-state index contributed by atoms with van der Waals surface area (Å²) in [7, 11) is 0. The SMILES string of the molecule is O=C1CC[C@H](C(=O)NCCCN2c3ccccc3Sc3ccccc32)N1. The molecule has 134 valence electrons. The highest BCUT2D eigenvalue weighted by Gasteiger charge is 2.27.